The number of halogens is 3. The van der Waals surface area contributed by atoms with Crippen LogP contribution < -0.4 is 4.74 Å². The maximum Gasteiger partial charge on any atom is 0.270 e. The lowest BCUT2D eigenvalue weighted by atomic mass is 10.1. The normalized spacial score (nSPS) is 10.1. The monoisotopic (exact) mass is 216 g/mol. The van der Waals surface area contributed by atoms with Crippen LogP contribution in [0.3, 0.4) is 0 Å². The van der Waals surface area contributed by atoms with Crippen LogP contribution in [-0.4, -0.2) is 12.1 Å². The Balaban J connectivity index is 3.30. The predicted octanol–water partition coefficient (Wildman–Crippen LogP) is 2.23. The average molecular weight is 216 g/mol. The van der Waals surface area contributed by atoms with Crippen molar-refractivity contribution in [2.75, 3.05) is 7.11 Å². The molecule has 0 unspecified atom stereocenters. The molecule has 15 heavy (non-hydrogen) atoms. The number of pyridine rings is 1. The quantitative estimate of drug-likeness (QED) is 0.778. The Morgan fingerprint density at radius 1 is 1.60 bits per heavy atom. The Kier molecular flexibility index (Phi) is 3.50. The topological polar surface area (TPSA) is 45.9 Å². The van der Waals surface area contributed by atoms with E-state index in [1.807, 2.05) is 0 Å². The maximum atomic E-state index is 13.4. The van der Waals surface area contributed by atoms with Gasteiger partial charge in [-0.3, -0.25) is 4.98 Å². The fourth-order valence-electron chi connectivity index (χ4n) is 1.09. The molecule has 0 spiro atoms. The number of hydrogen-bond acceptors (Lipinski definition) is 3. The van der Waals surface area contributed by atoms with E-state index < -0.39 is 17.8 Å². The van der Waals surface area contributed by atoms with Crippen molar-refractivity contribution < 1.29 is 17.9 Å². The van der Waals surface area contributed by atoms with Crippen LogP contribution in [0.4, 0.5) is 13.2 Å². The van der Waals surface area contributed by atoms with Gasteiger partial charge in [-0.25, -0.2) is 13.2 Å². The number of hydrogen-bond donors (Lipinski definition) is 0. The van der Waals surface area contributed by atoms with Gasteiger partial charge >= 0.3 is 0 Å². The predicted molar refractivity (Wildman–Crippen MR) is 45.0 cm³/mol. The summed E-state index contributed by atoms with van der Waals surface area (Å²) in [5, 5.41) is 8.32. The van der Waals surface area contributed by atoms with E-state index in [0.717, 1.165) is 13.3 Å². The average Bonchev–Trinajstić information content (AvgIpc) is 2.20. The van der Waals surface area contributed by atoms with Crippen molar-refractivity contribution in [3.05, 3.63) is 23.3 Å². The second kappa shape index (κ2) is 4.64. The number of aromatic nitrogens is 1. The minimum absolute atomic E-state index is 0.298. The van der Waals surface area contributed by atoms with Gasteiger partial charge in [0.05, 0.1) is 37.1 Å². The second-order valence-electron chi connectivity index (χ2n) is 2.64. The summed E-state index contributed by atoms with van der Waals surface area (Å²) in [5.41, 5.74) is -1.15. The van der Waals surface area contributed by atoms with Crippen LogP contribution in [0.15, 0.2) is 6.20 Å². The highest BCUT2D eigenvalue weighted by Crippen LogP contribution is 2.31. The minimum atomic E-state index is -3.00. The number of nitriles is 1. The Morgan fingerprint density at radius 2 is 2.27 bits per heavy atom. The van der Waals surface area contributed by atoms with Crippen LogP contribution >= 0.6 is 0 Å². The first-order valence-electron chi connectivity index (χ1n) is 3.98. The molecule has 0 aliphatic rings. The summed E-state index contributed by atoms with van der Waals surface area (Å²) in [6.45, 7) is 0. The first-order valence-corrected chi connectivity index (χ1v) is 3.98. The lowest BCUT2D eigenvalue weighted by Gasteiger charge is -2.09. The van der Waals surface area contributed by atoms with Crippen molar-refractivity contribution >= 4 is 0 Å². The molecule has 0 saturated carbocycles. The number of rotatable bonds is 3. The summed E-state index contributed by atoms with van der Waals surface area (Å²) in [6, 6.07) is 1.64. The van der Waals surface area contributed by atoms with Gasteiger partial charge in [0, 0.05) is 0 Å². The first-order chi connectivity index (χ1) is 7.11. The molecule has 0 saturated heterocycles. The smallest absolute Gasteiger partial charge is 0.270 e. The van der Waals surface area contributed by atoms with E-state index in [-0.39, 0.29) is 17.9 Å². The molecule has 0 amide bonds. The Morgan fingerprint density at radius 3 is 2.73 bits per heavy atom. The van der Waals surface area contributed by atoms with Crippen LogP contribution in [-0.2, 0) is 6.42 Å². The second-order valence-corrected chi connectivity index (χ2v) is 2.64. The highest BCUT2D eigenvalue weighted by Gasteiger charge is 2.22. The fraction of sp³-hybridized carbons (Fsp3) is 0.333. The van der Waals surface area contributed by atoms with Crippen LogP contribution in [0.2, 0.25) is 0 Å². The third kappa shape index (κ3) is 2.18. The zero-order chi connectivity index (χ0) is 11.4. The van der Waals surface area contributed by atoms with E-state index >= 15 is 0 Å². The molecule has 1 heterocycles. The van der Waals surface area contributed by atoms with Gasteiger partial charge in [0.1, 0.15) is 5.75 Å². The highest BCUT2D eigenvalue weighted by molar-refractivity contribution is 5.35. The Bertz CT molecular complexity index is 401. The number of ether oxygens (including phenoxy) is 1. The summed E-state index contributed by atoms with van der Waals surface area (Å²) in [7, 11) is 1.15. The summed E-state index contributed by atoms with van der Waals surface area (Å²) < 4.78 is 42.9. The SMILES string of the molecule is COc1cnc(CC#N)c(F)c1C(F)F. The van der Waals surface area contributed by atoms with E-state index in [1.165, 1.54) is 0 Å². The molecule has 3 nitrogen and oxygen atoms in total. The Hall–Kier alpha value is -1.77. The molecule has 0 fully saturated rings. The summed E-state index contributed by atoms with van der Waals surface area (Å²) in [4.78, 5) is 3.53. The van der Waals surface area contributed by atoms with Gasteiger partial charge < -0.3 is 4.74 Å². The first kappa shape index (κ1) is 11.3. The molecule has 6 heteroatoms. The molecule has 0 bridgehead atoms. The summed E-state index contributed by atoms with van der Waals surface area (Å²) in [5.74, 6) is -1.49. The lowest BCUT2D eigenvalue weighted by molar-refractivity contribution is 0.141. The van der Waals surface area contributed by atoms with Gasteiger partial charge in [-0.2, -0.15) is 5.26 Å². The maximum absolute atomic E-state index is 13.4. The third-order valence-corrected chi connectivity index (χ3v) is 1.78. The van der Waals surface area contributed by atoms with Crippen molar-refractivity contribution in [3.8, 4) is 11.8 Å². The molecule has 0 aromatic carbocycles. The molecule has 1 aromatic rings. The molecular formula is C9H7F3N2O. The van der Waals surface area contributed by atoms with E-state index in [2.05, 4.69) is 9.72 Å². The van der Waals surface area contributed by atoms with Crippen LogP contribution in [0.5, 0.6) is 5.75 Å². The summed E-state index contributed by atoms with van der Waals surface area (Å²) in [6.07, 6.45) is -2.37. The van der Waals surface area contributed by atoms with E-state index in [1.54, 1.807) is 6.07 Å². The zero-order valence-electron chi connectivity index (χ0n) is 7.80. The van der Waals surface area contributed by atoms with E-state index in [0.29, 0.717) is 0 Å². The van der Waals surface area contributed by atoms with Crippen molar-refractivity contribution in [1.82, 2.24) is 4.98 Å². The molecule has 1 rings (SSSR count). The number of nitrogens with zero attached hydrogens (tertiary/aromatic N) is 2. The van der Waals surface area contributed by atoms with Gasteiger partial charge in [-0.1, -0.05) is 0 Å². The molecule has 0 radical (unpaired) electrons. The number of alkyl halides is 2. The van der Waals surface area contributed by atoms with Gasteiger partial charge in [-0.05, 0) is 0 Å². The molecule has 1 aromatic heterocycles. The molecule has 0 aliphatic carbocycles. The fourth-order valence-corrected chi connectivity index (χ4v) is 1.09. The van der Waals surface area contributed by atoms with E-state index in [9.17, 15) is 13.2 Å². The van der Waals surface area contributed by atoms with Crippen molar-refractivity contribution in [2.24, 2.45) is 0 Å². The van der Waals surface area contributed by atoms with Gasteiger partial charge in [0.15, 0.2) is 5.82 Å². The molecular weight excluding hydrogens is 209 g/mol. The van der Waals surface area contributed by atoms with Gasteiger partial charge in [-0.15, -0.1) is 0 Å². The van der Waals surface area contributed by atoms with Crippen LogP contribution in [0.25, 0.3) is 0 Å². The molecule has 0 aliphatic heterocycles. The van der Waals surface area contributed by atoms with Crippen molar-refractivity contribution in [3.63, 3.8) is 0 Å². The Labute approximate surface area is 84.1 Å². The molecule has 80 valence electrons. The zero-order valence-corrected chi connectivity index (χ0v) is 7.80. The van der Waals surface area contributed by atoms with Crippen molar-refractivity contribution in [1.29, 1.82) is 5.26 Å². The van der Waals surface area contributed by atoms with Crippen LogP contribution in [0.1, 0.15) is 17.7 Å². The molecule has 0 N–H and O–H groups in total. The highest BCUT2D eigenvalue weighted by atomic mass is 19.3. The largest absolute Gasteiger partial charge is 0.495 e. The molecule has 0 atom stereocenters. The lowest BCUT2D eigenvalue weighted by Crippen LogP contribution is -2.03. The van der Waals surface area contributed by atoms with Gasteiger partial charge in [0.2, 0.25) is 0 Å². The van der Waals surface area contributed by atoms with Crippen LogP contribution in [0, 0.1) is 17.1 Å². The summed E-state index contributed by atoms with van der Waals surface area (Å²) >= 11 is 0. The van der Waals surface area contributed by atoms with E-state index in [4.69, 9.17) is 5.26 Å². The van der Waals surface area contributed by atoms with Crippen molar-refractivity contribution in [2.45, 2.75) is 12.8 Å². The minimum Gasteiger partial charge on any atom is -0.495 e. The third-order valence-electron chi connectivity index (χ3n) is 1.78. The van der Waals surface area contributed by atoms with Gasteiger partial charge in [0.25, 0.3) is 6.43 Å². The standard InChI is InChI=1S/C9H7F3N2O/c1-15-6-4-14-5(2-3-13)8(10)7(6)9(11)12/h4,9H,2H2,1H3. The number of methoxy groups -OCH3 is 1.